The maximum absolute atomic E-state index is 9.46. The van der Waals surface area contributed by atoms with Gasteiger partial charge in [0.05, 0.1) is 0 Å². The molecular formula is H6N2O3S. The van der Waals surface area contributed by atoms with Crippen LogP contribution in [0.4, 0.5) is 0 Å². The number of nitrogens with one attached hydrogen (secondary N) is 1. The van der Waals surface area contributed by atoms with Crippen molar-refractivity contribution < 1.29 is 13.3 Å². The Morgan fingerprint density at radius 2 is 1.83 bits per heavy atom. The van der Waals surface area contributed by atoms with Crippen LogP contribution in [0, 0.1) is 0 Å². The molecule has 5 nitrogen and oxygen atoms in total. The van der Waals surface area contributed by atoms with Gasteiger partial charge in [0, 0.05) is 0 Å². The Kier molecular flexibility index (Phi) is 1.62. The number of hydrogen-bond donors (Lipinski definition) is 5. The van der Waals surface area contributed by atoms with E-state index in [9.17, 15) is 4.21 Å². The van der Waals surface area contributed by atoms with Crippen molar-refractivity contribution in [3.05, 3.63) is 0 Å². The second kappa shape index (κ2) is 1.63. The van der Waals surface area contributed by atoms with Crippen LogP contribution in [0.5, 0.6) is 0 Å². The first-order valence-corrected chi connectivity index (χ1v) is 2.71. The molecule has 6 heteroatoms. The van der Waals surface area contributed by atoms with Crippen LogP contribution >= 0.6 is 0 Å². The summed E-state index contributed by atoms with van der Waals surface area (Å²) in [4.78, 5) is 1.27. The van der Waals surface area contributed by atoms with Gasteiger partial charge in [-0.1, -0.05) is 0 Å². The summed E-state index contributed by atoms with van der Waals surface area (Å²) in [5.74, 6) is 4.29. The molecule has 40 valence electrons. The fourth-order valence-corrected chi connectivity index (χ4v) is 0. The molecule has 0 fully saturated rings. The van der Waals surface area contributed by atoms with Crippen LogP contribution in [0.15, 0.2) is 0 Å². The highest BCUT2D eigenvalue weighted by atomic mass is 32.3. The quantitative estimate of drug-likeness (QED) is 0.160. The van der Waals surface area contributed by atoms with E-state index in [2.05, 4.69) is 5.84 Å². The zero-order valence-electron chi connectivity index (χ0n) is 2.83. The molecule has 0 spiro atoms. The highest BCUT2D eigenvalue weighted by Gasteiger charge is 1.91. The van der Waals surface area contributed by atoms with Crippen molar-refractivity contribution in [2.45, 2.75) is 0 Å². The van der Waals surface area contributed by atoms with E-state index in [1.54, 1.807) is 0 Å². The van der Waals surface area contributed by atoms with Crippen molar-refractivity contribution in [2.75, 3.05) is 0 Å². The highest BCUT2D eigenvalue weighted by molar-refractivity contribution is 7.90. The van der Waals surface area contributed by atoms with Gasteiger partial charge >= 0.3 is 0 Å². The minimum absolute atomic E-state index is 1.27. The fourth-order valence-electron chi connectivity index (χ4n) is 0. The maximum atomic E-state index is 9.46. The minimum Gasteiger partial charge on any atom is -0.298 e. The Morgan fingerprint density at radius 1 is 1.67 bits per heavy atom. The van der Waals surface area contributed by atoms with Gasteiger partial charge in [0.25, 0.3) is 0 Å². The average Bonchev–Trinajstić information content (AvgIpc) is 1.35. The summed E-state index contributed by atoms with van der Waals surface area (Å²) in [6, 6.07) is 0. The van der Waals surface area contributed by atoms with Crippen molar-refractivity contribution in [3.8, 4) is 0 Å². The number of hydrogen-bond acceptors (Lipinski definition) is 2. The molecule has 0 saturated carbocycles. The van der Waals surface area contributed by atoms with E-state index in [4.69, 9.17) is 9.11 Å². The van der Waals surface area contributed by atoms with Gasteiger partial charge in [0.1, 0.15) is 10.7 Å². The molecular weight excluding hydrogens is 108 g/mol. The van der Waals surface area contributed by atoms with E-state index in [0.717, 1.165) is 0 Å². The van der Waals surface area contributed by atoms with Crippen LogP contribution in [0.25, 0.3) is 0 Å². The third-order valence-corrected chi connectivity index (χ3v) is 0.505. The van der Waals surface area contributed by atoms with Gasteiger partial charge < -0.3 is 0 Å². The molecule has 0 heterocycles. The molecule has 0 aliphatic heterocycles. The Labute approximate surface area is 35.7 Å². The first-order chi connectivity index (χ1) is 2.56. The van der Waals surface area contributed by atoms with Crippen molar-refractivity contribution in [3.63, 3.8) is 0 Å². The Morgan fingerprint density at radius 3 is 1.83 bits per heavy atom. The lowest BCUT2D eigenvalue weighted by Gasteiger charge is -2.04. The minimum atomic E-state index is -4.12. The molecule has 0 aliphatic carbocycles. The van der Waals surface area contributed by atoms with E-state index in [1.807, 2.05) is 0 Å². The molecule has 5 N–H and O–H groups in total. The second-order valence-electron chi connectivity index (χ2n) is 0.673. The summed E-state index contributed by atoms with van der Waals surface area (Å²) < 4.78 is 24.9. The van der Waals surface area contributed by atoms with Crippen molar-refractivity contribution in [1.82, 2.24) is 4.83 Å². The molecule has 0 aromatic rings. The summed E-state index contributed by atoms with van der Waals surface area (Å²) >= 11 is 0. The zero-order chi connectivity index (χ0) is 5.21. The van der Waals surface area contributed by atoms with Crippen molar-refractivity contribution >= 4 is 10.7 Å². The molecule has 0 atom stereocenters. The predicted molar refractivity (Wildman–Crippen MR) is 22.1 cm³/mol. The summed E-state index contributed by atoms with van der Waals surface area (Å²) in [6.07, 6.45) is 0. The summed E-state index contributed by atoms with van der Waals surface area (Å²) in [6.45, 7) is 0. The number of hydrazine groups is 1. The van der Waals surface area contributed by atoms with E-state index >= 15 is 0 Å². The van der Waals surface area contributed by atoms with E-state index in [0.29, 0.717) is 0 Å². The molecule has 0 radical (unpaired) electrons. The third-order valence-electron chi connectivity index (χ3n) is 0.168. The molecule has 0 unspecified atom stereocenters. The van der Waals surface area contributed by atoms with Crippen molar-refractivity contribution in [1.29, 1.82) is 0 Å². The standard InChI is InChI=1S/H6N2O3S/c1-2-6(3,4)5/h6H,1H2,(H3,2,3,4,5). The van der Waals surface area contributed by atoms with Gasteiger partial charge in [-0.25, -0.2) is 4.21 Å². The average molecular weight is 114 g/mol. The topological polar surface area (TPSA) is 95.6 Å². The number of nitrogens with two attached hydrogens (primary N) is 1. The third kappa shape index (κ3) is 3.99. The van der Waals surface area contributed by atoms with E-state index in [1.165, 1.54) is 4.83 Å². The Hall–Kier alpha value is -0.0100. The largest absolute Gasteiger partial charge is 0.298 e. The maximum Gasteiger partial charge on any atom is 0.140 e. The first kappa shape index (κ1) is 5.99. The monoisotopic (exact) mass is 114 g/mol. The van der Waals surface area contributed by atoms with Gasteiger partial charge in [0.15, 0.2) is 0 Å². The van der Waals surface area contributed by atoms with Crippen LogP contribution in [0.1, 0.15) is 0 Å². The highest BCUT2D eigenvalue weighted by Crippen LogP contribution is 1.72. The Bertz CT molecular complexity index is 72.9. The molecule has 0 rings (SSSR count). The van der Waals surface area contributed by atoms with Gasteiger partial charge in [-0.05, 0) is 0 Å². The normalized spacial score (nSPS) is 14.5. The molecule has 0 saturated heterocycles. The van der Waals surface area contributed by atoms with Crippen LogP contribution in [0.3, 0.4) is 0 Å². The van der Waals surface area contributed by atoms with Crippen molar-refractivity contribution in [2.24, 2.45) is 5.84 Å². The van der Waals surface area contributed by atoms with E-state index in [-0.39, 0.29) is 0 Å². The van der Waals surface area contributed by atoms with Crippen LogP contribution < -0.4 is 10.7 Å². The number of rotatable bonds is 1. The SMILES string of the molecule is NN[SH](=O)(O)O. The fraction of sp³-hybridized carbons (Fsp3) is 0. The summed E-state index contributed by atoms with van der Waals surface area (Å²) in [5, 5.41) is 0. The Balaban J connectivity index is 3.48. The molecule has 6 heavy (non-hydrogen) atoms. The number of thiol groups is 1. The summed E-state index contributed by atoms with van der Waals surface area (Å²) in [7, 11) is -4.12. The van der Waals surface area contributed by atoms with Crippen LogP contribution in [0.2, 0.25) is 0 Å². The van der Waals surface area contributed by atoms with Gasteiger partial charge in [-0.15, -0.1) is 0 Å². The smallest absolute Gasteiger partial charge is 0.140 e. The van der Waals surface area contributed by atoms with Gasteiger partial charge in [0.2, 0.25) is 0 Å². The van der Waals surface area contributed by atoms with E-state index < -0.39 is 10.7 Å². The van der Waals surface area contributed by atoms with Crippen LogP contribution in [-0.2, 0) is 10.7 Å². The van der Waals surface area contributed by atoms with Gasteiger partial charge in [-0.2, -0.15) is 4.83 Å². The van der Waals surface area contributed by atoms with Gasteiger partial charge in [-0.3, -0.25) is 14.9 Å². The van der Waals surface area contributed by atoms with Crippen LogP contribution in [-0.4, -0.2) is 13.3 Å². The lowest BCUT2D eigenvalue weighted by atomic mass is 13.0. The predicted octanol–water partition coefficient (Wildman–Crippen LogP) is -1.67. The molecule has 0 aliphatic rings. The lowest BCUT2D eigenvalue weighted by Crippen LogP contribution is -2.35. The first-order valence-electron chi connectivity index (χ1n) is 1.09. The summed E-state index contributed by atoms with van der Waals surface area (Å²) in [5.41, 5.74) is 0. The molecule has 0 amide bonds. The second-order valence-corrected chi connectivity index (χ2v) is 2.02. The lowest BCUT2D eigenvalue weighted by molar-refractivity contribution is 0.409. The zero-order valence-corrected chi connectivity index (χ0v) is 3.72. The molecule has 0 bridgehead atoms. The molecule has 0 aromatic carbocycles. The molecule has 0 aromatic heterocycles.